The number of nitrogens with zero attached hydrogens (tertiary/aromatic N) is 2. The Bertz CT molecular complexity index is 326. The number of hydrogen-bond acceptors (Lipinski definition) is 4. The summed E-state index contributed by atoms with van der Waals surface area (Å²) in [5.41, 5.74) is -1.55. The number of halogens is 1. The van der Waals surface area contributed by atoms with Crippen LogP contribution in [0.4, 0.5) is 4.39 Å². The van der Waals surface area contributed by atoms with Gasteiger partial charge in [-0.3, -0.25) is 0 Å². The quantitative estimate of drug-likeness (QED) is 0.713. The van der Waals surface area contributed by atoms with Gasteiger partial charge in [-0.05, 0) is 0 Å². The third-order valence-electron chi connectivity index (χ3n) is 2.21. The van der Waals surface area contributed by atoms with Crippen LogP contribution in [0.2, 0.25) is 0 Å². The molecule has 1 fully saturated rings. The van der Waals surface area contributed by atoms with Gasteiger partial charge in [0, 0.05) is 18.7 Å². The molecular formula is C9H11FN2O2. The zero-order valence-electron chi connectivity index (χ0n) is 7.86. The maximum Gasteiger partial charge on any atom is 0.216 e. The second-order valence-corrected chi connectivity index (χ2v) is 3.19. The van der Waals surface area contributed by atoms with E-state index in [1.807, 2.05) is 0 Å². The molecule has 1 aliphatic rings. The second-order valence-electron chi connectivity index (χ2n) is 3.19. The zero-order valence-corrected chi connectivity index (χ0v) is 7.86. The molecule has 0 aromatic carbocycles. The van der Waals surface area contributed by atoms with Crippen LogP contribution in [0.5, 0.6) is 5.88 Å². The Kier molecular flexibility index (Phi) is 2.33. The van der Waals surface area contributed by atoms with Crippen molar-refractivity contribution in [3.8, 4) is 5.88 Å². The molecule has 14 heavy (non-hydrogen) atoms. The Balaban J connectivity index is 2.30. The molecule has 0 saturated carbocycles. The van der Waals surface area contributed by atoms with Crippen molar-refractivity contribution >= 4 is 0 Å². The van der Waals surface area contributed by atoms with Gasteiger partial charge >= 0.3 is 0 Å². The average molecular weight is 198 g/mol. The summed E-state index contributed by atoms with van der Waals surface area (Å²) in [6, 6.07) is 1.59. The molecule has 0 bridgehead atoms. The van der Waals surface area contributed by atoms with Crippen molar-refractivity contribution in [1.82, 2.24) is 9.97 Å². The van der Waals surface area contributed by atoms with Crippen LogP contribution in [0, 0.1) is 0 Å². The van der Waals surface area contributed by atoms with E-state index < -0.39 is 5.67 Å². The molecule has 0 spiro atoms. The summed E-state index contributed by atoms with van der Waals surface area (Å²) in [5.74, 6) is 0.522. The van der Waals surface area contributed by atoms with Crippen molar-refractivity contribution < 1.29 is 13.9 Å². The SMILES string of the molecule is COc1ccnc(C2(F)CCOC2)n1. The summed E-state index contributed by atoms with van der Waals surface area (Å²) in [6.07, 6.45) is 1.79. The van der Waals surface area contributed by atoms with E-state index in [-0.39, 0.29) is 12.4 Å². The standard InChI is InChI=1S/C9H11FN2O2/c1-13-7-2-4-11-8(12-7)9(10)3-5-14-6-9/h2,4H,3,5-6H2,1H3. The van der Waals surface area contributed by atoms with Crippen molar-refractivity contribution in [2.45, 2.75) is 12.1 Å². The maximum absolute atomic E-state index is 14.1. The predicted molar refractivity (Wildman–Crippen MR) is 46.8 cm³/mol. The molecule has 1 saturated heterocycles. The Morgan fingerprint density at radius 1 is 1.64 bits per heavy atom. The van der Waals surface area contributed by atoms with E-state index in [0.29, 0.717) is 18.9 Å². The molecule has 1 aliphatic heterocycles. The highest BCUT2D eigenvalue weighted by molar-refractivity contribution is 5.13. The molecule has 1 unspecified atom stereocenters. The zero-order chi connectivity index (χ0) is 10.0. The number of alkyl halides is 1. The lowest BCUT2D eigenvalue weighted by atomic mass is 10.1. The molecule has 2 rings (SSSR count). The van der Waals surface area contributed by atoms with Crippen molar-refractivity contribution in [1.29, 1.82) is 0 Å². The van der Waals surface area contributed by atoms with Crippen molar-refractivity contribution in [2.75, 3.05) is 20.3 Å². The first-order valence-electron chi connectivity index (χ1n) is 4.39. The minimum absolute atomic E-state index is 0.0279. The Morgan fingerprint density at radius 2 is 2.50 bits per heavy atom. The van der Waals surface area contributed by atoms with Crippen molar-refractivity contribution in [3.05, 3.63) is 18.1 Å². The molecule has 5 heteroatoms. The van der Waals surface area contributed by atoms with Crippen molar-refractivity contribution in [2.24, 2.45) is 0 Å². The summed E-state index contributed by atoms with van der Waals surface area (Å²) >= 11 is 0. The van der Waals surface area contributed by atoms with Gasteiger partial charge < -0.3 is 9.47 Å². The van der Waals surface area contributed by atoms with E-state index in [1.165, 1.54) is 13.3 Å². The molecule has 1 atom stereocenters. The number of aromatic nitrogens is 2. The van der Waals surface area contributed by atoms with E-state index in [9.17, 15) is 4.39 Å². The van der Waals surface area contributed by atoms with Crippen LogP contribution in [0.15, 0.2) is 12.3 Å². The van der Waals surface area contributed by atoms with Crippen molar-refractivity contribution in [3.63, 3.8) is 0 Å². The van der Waals surface area contributed by atoms with Gasteiger partial charge in [0.05, 0.1) is 20.3 Å². The molecule has 0 amide bonds. The molecule has 1 aromatic rings. The van der Waals surface area contributed by atoms with Crippen LogP contribution in [-0.4, -0.2) is 30.3 Å². The highest BCUT2D eigenvalue weighted by atomic mass is 19.1. The molecule has 0 aliphatic carbocycles. The number of rotatable bonds is 2. The van der Waals surface area contributed by atoms with E-state index in [1.54, 1.807) is 6.07 Å². The molecule has 1 aromatic heterocycles. The molecule has 76 valence electrons. The monoisotopic (exact) mass is 198 g/mol. The van der Waals surface area contributed by atoms with Gasteiger partial charge in [0.2, 0.25) is 5.88 Å². The molecule has 2 heterocycles. The largest absolute Gasteiger partial charge is 0.481 e. The Morgan fingerprint density at radius 3 is 3.14 bits per heavy atom. The van der Waals surface area contributed by atoms with Gasteiger partial charge in [0.15, 0.2) is 11.5 Å². The lowest BCUT2D eigenvalue weighted by molar-refractivity contribution is 0.104. The Labute approximate surface area is 81.1 Å². The predicted octanol–water partition coefficient (Wildman–Crippen LogP) is 1.07. The Hall–Kier alpha value is -1.23. The van der Waals surface area contributed by atoms with Gasteiger partial charge in [-0.1, -0.05) is 0 Å². The van der Waals surface area contributed by atoms with Crippen LogP contribution >= 0.6 is 0 Å². The first kappa shape index (κ1) is 9.33. The number of hydrogen-bond donors (Lipinski definition) is 0. The van der Waals surface area contributed by atoms with Crippen LogP contribution in [0.25, 0.3) is 0 Å². The smallest absolute Gasteiger partial charge is 0.216 e. The lowest BCUT2D eigenvalue weighted by Gasteiger charge is -2.15. The van der Waals surface area contributed by atoms with E-state index in [4.69, 9.17) is 9.47 Å². The lowest BCUT2D eigenvalue weighted by Crippen LogP contribution is -2.23. The fourth-order valence-electron chi connectivity index (χ4n) is 1.39. The normalized spacial score (nSPS) is 26.4. The van der Waals surface area contributed by atoms with Gasteiger partial charge in [-0.15, -0.1) is 0 Å². The highest BCUT2D eigenvalue weighted by Crippen LogP contribution is 2.32. The summed E-state index contributed by atoms with van der Waals surface area (Å²) in [6.45, 7) is 0.442. The third kappa shape index (κ3) is 1.55. The van der Waals surface area contributed by atoms with E-state index in [0.717, 1.165) is 0 Å². The summed E-state index contributed by atoms with van der Waals surface area (Å²) in [7, 11) is 1.49. The van der Waals surface area contributed by atoms with Crippen LogP contribution in [0.3, 0.4) is 0 Å². The topological polar surface area (TPSA) is 44.2 Å². The van der Waals surface area contributed by atoms with Crippen LogP contribution in [-0.2, 0) is 10.4 Å². The second kappa shape index (κ2) is 3.49. The maximum atomic E-state index is 14.1. The van der Waals surface area contributed by atoms with E-state index in [2.05, 4.69) is 9.97 Å². The summed E-state index contributed by atoms with van der Waals surface area (Å²) < 4.78 is 23.9. The van der Waals surface area contributed by atoms with Crippen LogP contribution in [0.1, 0.15) is 12.2 Å². The molecule has 0 radical (unpaired) electrons. The number of ether oxygens (including phenoxy) is 2. The molecule has 4 nitrogen and oxygen atoms in total. The average Bonchev–Trinajstić information content (AvgIpc) is 2.67. The first-order chi connectivity index (χ1) is 6.74. The van der Waals surface area contributed by atoms with Gasteiger partial charge in [-0.2, -0.15) is 4.98 Å². The minimum atomic E-state index is -1.55. The summed E-state index contributed by atoms with van der Waals surface area (Å²) in [4.78, 5) is 7.85. The van der Waals surface area contributed by atoms with Crippen LogP contribution < -0.4 is 4.74 Å². The summed E-state index contributed by atoms with van der Waals surface area (Å²) in [5, 5.41) is 0. The van der Waals surface area contributed by atoms with E-state index >= 15 is 0 Å². The molecule has 0 N–H and O–H groups in total. The third-order valence-corrected chi connectivity index (χ3v) is 2.21. The number of methoxy groups -OCH3 is 1. The van der Waals surface area contributed by atoms with Gasteiger partial charge in [0.1, 0.15) is 0 Å². The molecular weight excluding hydrogens is 187 g/mol. The highest BCUT2D eigenvalue weighted by Gasteiger charge is 2.39. The fraction of sp³-hybridized carbons (Fsp3) is 0.556. The first-order valence-corrected chi connectivity index (χ1v) is 4.39. The van der Waals surface area contributed by atoms with Gasteiger partial charge in [0.25, 0.3) is 0 Å². The minimum Gasteiger partial charge on any atom is -0.481 e. The van der Waals surface area contributed by atoms with Gasteiger partial charge in [-0.25, -0.2) is 9.37 Å². The fourth-order valence-corrected chi connectivity index (χ4v) is 1.39.